The first kappa shape index (κ1) is 12.4. The third kappa shape index (κ3) is 2.85. The number of thioether (sulfide) groups is 1. The number of rotatable bonds is 4. The zero-order chi connectivity index (χ0) is 13.1. The molecule has 0 spiro atoms. The van der Waals surface area contributed by atoms with E-state index in [2.05, 4.69) is 27.3 Å². The maximum absolute atomic E-state index is 5.27. The van der Waals surface area contributed by atoms with Gasteiger partial charge in [-0.15, -0.1) is 23.1 Å². The van der Waals surface area contributed by atoms with Crippen molar-refractivity contribution in [3.05, 3.63) is 47.4 Å². The lowest BCUT2D eigenvalue weighted by Gasteiger charge is -1.96. The second-order valence-electron chi connectivity index (χ2n) is 3.88. The molecule has 19 heavy (non-hydrogen) atoms. The molecule has 0 radical (unpaired) electrons. The van der Waals surface area contributed by atoms with Crippen molar-refractivity contribution in [2.24, 2.45) is 0 Å². The van der Waals surface area contributed by atoms with E-state index in [0.29, 0.717) is 17.5 Å². The Labute approximate surface area is 118 Å². The van der Waals surface area contributed by atoms with Gasteiger partial charge >= 0.3 is 0 Å². The molecule has 96 valence electrons. The number of hydrogen-bond acceptors (Lipinski definition) is 6. The quantitative estimate of drug-likeness (QED) is 0.684. The fourth-order valence-electron chi connectivity index (χ4n) is 1.58. The van der Waals surface area contributed by atoms with Crippen molar-refractivity contribution in [2.75, 3.05) is 0 Å². The smallest absolute Gasteiger partial charge is 0.269 e. The Morgan fingerprint density at radius 2 is 2.11 bits per heavy atom. The summed E-state index contributed by atoms with van der Waals surface area (Å²) in [4.78, 5) is 10.7. The summed E-state index contributed by atoms with van der Waals surface area (Å²) in [5.41, 5.74) is 2.71. The highest BCUT2D eigenvalue weighted by Gasteiger charge is 2.13. The van der Waals surface area contributed by atoms with E-state index in [9.17, 15) is 0 Å². The van der Waals surface area contributed by atoms with Crippen molar-refractivity contribution in [1.29, 1.82) is 0 Å². The monoisotopic (exact) mass is 289 g/mol. The van der Waals surface area contributed by atoms with Gasteiger partial charge in [-0.05, 0) is 19.1 Å². The number of thiazole rings is 1. The summed E-state index contributed by atoms with van der Waals surface area (Å²) in [6, 6.07) is 10.2. The molecule has 6 heteroatoms. The molecule has 4 nitrogen and oxygen atoms in total. The lowest BCUT2D eigenvalue weighted by molar-refractivity contribution is 0.425. The van der Waals surface area contributed by atoms with E-state index in [4.69, 9.17) is 4.52 Å². The van der Waals surface area contributed by atoms with E-state index >= 15 is 0 Å². The number of hydrogen-bond donors (Lipinski definition) is 0. The molecule has 0 saturated heterocycles. The highest BCUT2D eigenvalue weighted by Crippen LogP contribution is 2.27. The third-order valence-corrected chi connectivity index (χ3v) is 4.44. The molecule has 1 aromatic carbocycles. The Hall–Kier alpha value is -1.66. The molecule has 3 rings (SSSR count). The van der Waals surface area contributed by atoms with Gasteiger partial charge in [0.1, 0.15) is 4.88 Å². The molecule has 0 unspecified atom stereocenters. The molecule has 0 aliphatic rings. The lowest BCUT2D eigenvalue weighted by atomic mass is 10.4. The summed E-state index contributed by atoms with van der Waals surface area (Å²) in [5.74, 6) is 1.96. The van der Waals surface area contributed by atoms with Crippen LogP contribution in [0, 0.1) is 6.92 Å². The Morgan fingerprint density at radius 3 is 2.84 bits per heavy atom. The SMILES string of the molecule is Cc1ncsc1-c1nc(CSc2ccccc2)no1. The highest BCUT2D eigenvalue weighted by molar-refractivity contribution is 7.98. The van der Waals surface area contributed by atoms with Crippen LogP contribution >= 0.6 is 23.1 Å². The Bertz CT molecular complexity index is 663. The van der Waals surface area contributed by atoms with E-state index in [1.165, 1.54) is 16.2 Å². The Balaban J connectivity index is 1.71. The van der Waals surface area contributed by atoms with E-state index in [0.717, 1.165) is 10.6 Å². The largest absolute Gasteiger partial charge is 0.333 e. The van der Waals surface area contributed by atoms with Gasteiger partial charge in [-0.1, -0.05) is 23.4 Å². The number of nitrogens with zero attached hydrogens (tertiary/aromatic N) is 3. The second kappa shape index (κ2) is 5.54. The molecular formula is C13H11N3OS2. The Morgan fingerprint density at radius 1 is 1.26 bits per heavy atom. The molecule has 0 amide bonds. The van der Waals surface area contributed by atoms with Crippen LogP contribution in [0.3, 0.4) is 0 Å². The van der Waals surface area contributed by atoms with Crippen molar-refractivity contribution in [3.8, 4) is 10.8 Å². The summed E-state index contributed by atoms with van der Waals surface area (Å²) in [6.07, 6.45) is 0. The van der Waals surface area contributed by atoms with Crippen LogP contribution in [0.25, 0.3) is 10.8 Å². The van der Waals surface area contributed by atoms with Crippen molar-refractivity contribution >= 4 is 23.1 Å². The molecule has 0 bridgehead atoms. The first-order valence-electron chi connectivity index (χ1n) is 5.74. The van der Waals surface area contributed by atoms with Crippen LogP contribution in [-0.2, 0) is 5.75 Å². The predicted molar refractivity (Wildman–Crippen MR) is 76.1 cm³/mol. The van der Waals surface area contributed by atoms with Crippen LogP contribution in [-0.4, -0.2) is 15.1 Å². The minimum atomic E-state index is 0.559. The molecule has 0 aliphatic carbocycles. The minimum Gasteiger partial charge on any atom is -0.333 e. The van der Waals surface area contributed by atoms with Crippen LogP contribution in [0.4, 0.5) is 0 Å². The lowest BCUT2D eigenvalue weighted by Crippen LogP contribution is -1.84. The fraction of sp³-hybridized carbons (Fsp3) is 0.154. The molecular weight excluding hydrogens is 278 g/mol. The van der Waals surface area contributed by atoms with E-state index in [-0.39, 0.29) is 0 Å². The third-order valence-electron chi connectivity index (χ3n) is 2.52. The maximum Gasteiger partial charge on any atom is 0.269 e. The van der Waals surface area contributed by atoms with Crippen molar-refractivity contribution in [1.82, 2.24) is 15.1 Å². The summed E-state index contributed by atoms with van der Waals surface area (Å²) < 4.78 is 5.27. The molecule has 2 aromatic heterocycles. The molecule has 0 N–H and O–H groups in total. The van der Waals surface area contributed by atoms with Crippen molar-refractivity contribution < 1.29 is 4.52 Å². The van der Waals surface area contributed by atoms with Crippen LogP contribution < -0.4 is 0 Å². The van der Waals surface area contributed by atoms with Gasteiger partial charge in [-0.25, -0.2) is 4.98 Å². The van der Waals surface area contributed by atoms with E-state index in [1.54, 1.807) is 17.3 Å². The van der Waals surface area contributed by atoms with Gasteiger partial charge in [0.15, 0.2) is 5.82 Å². The van der Waals surface area contributed by atoms with Gasteiger partial charge in [-0.2, -0.15) is 4.98 Å². The van der Waals surface area contributed by atoms with Crippen LogP contribution in [0.1, 0.15) is 11.5 Å². The van der Waals surface area contributed by atoms with Gasteiger partial charge in [-0.3, -0.25) is 0 Å². The Kier molecular flexibility index (Phi) is 3.61. The van der Waals surface area contributed by atoms with Gasteiger partial charge in [0.05, 0.1) is 17.0 Å². The summed E-state index contributed by atoms with van der Waals surface area (Å²) >= 11 is 3.21. The summed E-state index contributed by atoms with van der Waals surface area (Å²) in [5, 5.41) is 4.00. The first-order valence-corrected chi connectivity index (χ1v) is 7.60. The zero-order valence-electron chi connectivity index (χ0n) is 10.2. The second-order valence-corrected chi connectivity index (χ2v) is 5.79. The zero-order valence-corrected chi connectivity index (χ0v) is 11.9. The predicted octanol–water partition coefficient (Wildman–Crippen LogP) is 3.79. The van der Waals surface area contributed by atoms with Crippen LogP contribution in [0.15, 0.2) is 45.3 Å². The average molecular weight is 289 g/mol. The minimum absolute atomic E-state index is 0.559. The molecule has 0 aliphatic heterocycles. The number of benzene rings is 1. The summed E-state index contributed by atoms with van der Waals surface area (Å²) in [7, 11) is 0. The summed E-state index contributed by atoms with van der Waals surface area (Å²) in [6.45, 7) is 1.94. The fourth-order valence-corrected chi connectivity index (χ4v) is 3.06. The van der Waals surface area contributed by atoms with Gasteiger partial charge in [0.2, 0.25) is 0 Å². The van der Waals surface area contributed by atoms with Crippen molar-refractivity contribution in [3.63, 3.8) is 0 Å². The first-order chi connectivity index (χ1) is 9.33. The van der Waals surface area contributed by atoms with Gasteiger partial charge < -0.3 is 4.52 Å². The van der Waals surface area contributed by atoms with Crippen LogP contribution in [0.5, 0.6) is 0 Å². The van der Waals surface area contributed by atoms with Crippen molar-refractivity contribution in [2.45, 2.75) is 17.6 Å². The van der Waals surface area contributed by atoms with Gasteiger partial charge in [0.25, 0.3) is 5.89 Å². The normalized spacial score (nSPS) is 10.8. The number of aromatic nitrogens is 3. The van der Waals surface area contributed by atoms with E-state index < -0.39 is 0 Å². The molecule has 0 saturated carbocycles. The standard InChI is InChI=1S/C13H11N3OS2/c1-9-12(19-8-14-9)13-15-11(16-17-13)7-18-10-5-3-2-4-6-10/h2-6,8H,7H2,1H3. The maximum atomic E-state index is 5.27. The van der Waals surface area contributed by atoms with E-state index in [1.807, 2.05) is 25.1 Å². The topological polar surface area (TPSA) is 51.8 Å². The van der Waals surface area contributed by atoms with Gasteiger partial charge in [0, 0.05) is 4.90 Å². The average Bonchev–Trinajstić information content (AvgIpc) is 3.06. The molecule has 0 atom stereocenters. The van der Waals surface area contributed by atoms with Crippen LogP contribution in [0.2, 0.25) is 0 Å². The number of aryl methyl sites for hydroxylation is 1. The molecule has 3 aromatic rings. The molecule has 2 heterocycles. The highest BCUT2D eigenvalue weighted by atomic mass is 32.2. The molecule has 0 fully saturated rings.